The minimum absolute atomic E-state index is 0.308. The van der Waals surface area contributed by atoms with Gasteiger partial charge in [0.2, 0.25) is 0 Å². The highest BCUT2D eigenvalue weighted by atomic mass is 35.5. The molecule has 0 bridgehead atoms. The molecule has 2 rings (SSSR count). The van der Waals surface area contributed by atoms with E-state index in [4.69, 9.17) is 17.3 Å². The van der Waals surface area contributed by atoms with Crippen LogP contribution < -0.4 is 11.4 Å². The lowest BCUT2D eigenvalue weighted by Gasteiger charge is -2.11. The van der Waals surface area contributed by atoms with Gasteiger partial charge in [0, 0.05) is 18.1 Å². The van der Waals surface area contributed by atoms with Gasteiger partial charge in [0.15, 0.2) is 0 Å². The first kappa shape index (κ1) is 12.6. The highest BCUT2D eigenvalue weighted by Crippen LogP contribution is 2.18. The quantitative estimate of drug-likeness (QED) is 0.893. The highest BCUT2D eigenvalue weighted by Gasteiger charge is 2.08. The van der Waals surface area contributed by atoms with E-state index in [0.29, 0.717) is 17.3 Å². The van der Waals surface area contributed by atoms with Crippen molar-refractivity contribution in [3.05, 3.63) is 50.9 Å². The molecule has 0 aromatic carbocycles. The second-order valence-electron chi connectivity index (χ2n) is 4.11. The first-order valence-corrected chi connectivity index (χ1v) is 5.79. The Hall–Kier alpha value is -1.88. The molecular formula is C12H13ClN4O. The van der Waals surface area contributed by atoms with Crippen LogP contribution in [0.3, 0.4) is 0 Å². The summed E-state index contributed by atoms with van der Waals surface area (Å²) >= 11 is 5.81. The first-order chi connectivity index (χ1) is 8.49. The Labute approximate surface area is 109 Å². The average Bonchev–Trinajstić information content (AvgIpc) is 2.34. The smallest absolute Gasteiger partial charge is 0.347 e. The van der Waals surface area contributed by atoms with E-state index in [1.807, 2.05) is 13.8 Å². The maximum absolute atomic E-state index is 11.6. The van der Waals surface area contributed by atoms with Gasteiger partial charge in [0.1, 0.15) is 0 Å². The summed E-state index contributed by atoms with van der Waals surface area (Å²) in [5.74, 6) is 0. The third-order valence-corrected chi connectivity index (χ3v) is 3.01. The van der Waals surface area contributed by atoms with Gasteiger partial charge in [-0.3, -0.25) is 9.55 Å². The van der Waals surface area contributed by atoms with Crippen molar-refractivity contribution in [2.45, 2.75) is 20.4 Å². The highest BCUT2D eigenvalue weighted by molar-refractivity contribution is 6.30. The van der Waals surface area contributed by atoms with Crippen LogP contribution in [0.5, 0.6) is 0 Å². The molecule has 0 aliphatic rings. The van der Waals surface area contributed by atoms with Crippen molar-refractivity contribution >= 4 is 17.3 Å². The van der Waals surface area contributed by atoms with Crippen LogP contribution in [0.4, 0.5) is 5.69 Å². The topological polar surface area (TPSA) is 73.8 Å². The van der Waals surface area contributed by atoms with Gasteiger partial charge in [0.05, 0.1) is 23.5 Å². The van der Waals surface area contributed by atoms with Crippen molar-refractivity contribution in [1.29, 1.82) is 0 Å². The average molecular weight is 265 g/mol. The number of nitrogens with zero attached hydrogens (tertiary/aromatic N) is 3. The van der Waals surface area contributed by atoms with E-state index in [9.17, 15) is 4.79 Å². The fourth-order valence-electron chi connectivity index (χ4n) is 1.65. The molecule has 0 aliphatic carbocycles. The van der Waals surface area contributed by atoms with Gasteiger partial charge >= 0.3 is 5.69 Å². The summed E-state index contributed by atoms with van der Waals surface area (Å²) in [5.41, 5.74) is 8.81. The molecule has 2 heterocycles. The minimum Gasteiger partial charge on any atom is -0.398 e. The summed E-state index contributed by atoms with van der Waals surface area (Å²) in [4.78, 5) is 19.5. The van der Waals surface area contributed by atoms with E-state index < -0.39 is 0 Å². The van der Waals surface area contributed by atoms with Gasteiger partial charge in [-0.15, -0.1) is 0 Å². The van der Waals surface area contributed by atoms with Crippen molar-refractivity contribution in [2.75, 3.05) is 5.73 Å². The molecule has 94 valence electrons. The molecule has 18 heavy (non-hydrogen) atoms. The molecule has 2 aromatic heterocycles. The van der Waals surface area contributed by atoms with E-state index in [1.165, 1.54) is 17.0 Å². The number of hydrogen-bond donors (Lipinski definition) is 1. The van der Waals surface area contributed by atoms with Crippen LogP contribution >= 0.6 is 11.6 Å². The number of anilines is 1. The van der Waals surface area contributed by atoms with Crippen LogP contribution in [0.15, 0.2) is 23.4 Å². The Morgan fingerprint density at radius 2 is 2.06 bits per heavy atom. The van der Waals surface area contributed by atoms with Crippen molar-refractivity contribution in [1.82, 2.24) is 14.5 Å². The van der Waals surface area contributed by atoms with Gasteiger partial charge in [-0.05, 0) is 25.0 Å². The third kappa shape index (κ3) is 2.36. The minimum atomic E-state index is -0.361. The molecule has 0 saturated heterocycles. The SMILES string of the molecule is Cc1cnc(Cn2cc(Cl)cnc2=O)c(C)c1N. The number of rotatable bonds is 2. The van der Waals surface area contributed by atoms with Gasteiger partial charge in [-0.2, -0.15) is 0 Å². The zero-order chi connectivity index (χ0) is 13.3. The standard InChI is InChI=1S/C12H13ClN4O/c1-7-3-15-10(8(2)11(7)14)6-17-5-9(13)4-16-12(17)18/h3-5H,6H2,1-2H3,(H2,14,15). The Morgan fingerprint density at radius 1 is 1.33 bits per heavy atom. The lowest BCUT2D eigenvalue weighted by atomic mass is 10.1. The molecule has 2 aromatic rings. The van der Waals surface area contributed by atoms with Crippen molar-refractivity contribution in [2.24, 2.45) is 0 Å². The molecule has 2 N–H and O–H groups in total. The molecule has 6 heteroatoms. The summed E-state index contributed by atoms with van der Waals surface area (Å²) in [6, 6.07) is 0. The van der Waals surface area contributed by atoms with Crippen LogP contribution in [0, 0.1) is 13.8 Å². The molecule has 0 fully saturated rings. The number of pyridine rings is 1. The summed E-state index contributed by atoms with van der Waals surface area (Å²) in [6.45, 7) is 4.09. The number of halogens is 1. The zero-order valence-corrected chi connectivity index (χ0v) is 10.9. The molecule has 0 amide bonds. The maximum Gasteiger partial charge on any atom is 0.347 e. The molecule has 5 nitrogen and oxygen atoms in total. The second kappa shape index (κ2) is 4.78. The van der Waals surface area contributed by atoms with Crippen LogP contribution in [-0.2, 0) is 6.54 Å². The predicted molar refractivity (Wildman–Crippen MR) is 70.7 cm³/mol. The van der Waals surface area contributed by atoms with Crippen LogP contribution in [0.2, 0.25) is 5.02 Å². The number of hydrogen-bond acceptors (Lipinski definition) is 4. The van der Waals surface area contributed by atoms with Gasteiger partial charge in [-0.1, -0.05) is 11.6 Å². The molecule has 0 spiro atoms. The normalized spacial score (nSPS) is 10.6. The van der Waals surface area contributed by atoms with Crippen molar-refractivity contribution in [3.8, 4) is 0 Å². The maximum atomic E-state index is 11.6. The van der Waals surface area contributed by atoms with Gasteiger partial charge in [-0.25, -0.2) is 9.78 Å². The van der Waals surface area contributed by atoms with Crippen LogP contribution in [0.1, 0.15) is 16.8 Å². The van der Waals surface area contributed by atoms with Crippen molar-refractivity contribution in [3.63, 3.8) is 0 Å². The van der Waals surface area contributed by atoms with E-state index in [1.54, 1.807) is 6.20 Å². The number of aryl methyl sites for hydroxylation is 1. The Kier molecular flexibility index (Phi) is 3.34. The van der Waals surface area contributed by atoms with Gasteiger partial charge < -0.3 is 5.73 Å². The molecule has 0 radical (unpaired) electrons. The van der Waals surface area contributed by atoms with E-state index in [0.717, 1.165) is 16.8 Å². The van der Waals surface area contributed by atoms with Crippen molar-refractivity contribution < 1.29 is 0 Å². The summed E-state index contributed by atoms with van der Waals surface area (Å²) in [5, 5.41) is 0.410. The van der Waals surface area contributed by atoms with E-state index in [-0.39, 0.29) is 5.69 Å². The van der Waals surface area contributed by atoms with E-state index in [2.05, 4.69) is 9.97 Å². The summed E-state index contributed by atoms with van der Waals surface area (Å²) in [7, 11) is 0. The Bertz CT molecular complexity index is 651. The van der Waals surface area contributed by atoms with Gasteiger partial charge in [0.25, 0.3) is 0 Å². The Morgan fingerprint density at radius 3 is 2.78 bits per heavy atom. The lowest BCUT2D eigenvalue weighted by molar-refractivity contribution is 0.707. The number of aromatic nitrogens is 3. The largest absolute Gasteiger partial charge is 0.398 e. The molecule has 0 unspecified atom stereocenters. The zero-order valence-electron chi connectivity index (χ0n) is 10.1. The number of nitrogens with two attached hydrogens (primary N) is 1. The van der Waals surface area contributed by atoms with Crippen LogP contribution in [0.25, 0.3) is 0 Å². The Balaban J connectivity index is 2.43. The fourth-order valence-corrected chi connectivity index (χ4v) is 1.82. The molecule has 0 aliphatic heterocycles. The summed E-state index contributed by atoms with van der Waals surface area (Å²) in [6.07, 6.45) is 4.55. The monoisotopic (exact) mass is 264 g/mol. The lowest BCUT2D eigenvalue weighted by Crippen LogP contribution is -2.23. The third-order valence-electron chi connectivity index (χ3n) is 2.82. The van der Waals surface area contributed by atoms with E-state index >= 15 is 0 Å². The fraction of sp³-hybridized carbons (Fsp3) is 0.250. The summed E-state index contributed by atoms with van der Waals surface area (Å²) < 4.78 is 1.41. The molecule has 0 atom stereocenters. The van der Waals surface area contributed by atoms with Crippen LogP contribution in [-0.4, -0.2) is 14.5 Å². The second-order valence-corrected chi connectivity index (χ2v) is 4.55. The predicted octanol–water partition coefficient (Wildman–Crippen LogP) is 1.54. The molecule has 0 saturated carbocycles. The molecular weight excluding hydrogens is 252 g/mol. The first-order valence-electron chi connectivity index (χ1n) is 5.41. The number of nitrogen functional groups attached to an aromatic ring is 1.